The van der Waals surface area contributed by atoms with E-state index < -0.39 is 0 Å². The third-order valence-electron chi connectivity index (χ3n) is 9.50. The number of aryl methyl sites for hydroxylation is 1. The van der Waals surface area contributed by atoms with E-state index in [0.717, 1.165) is 61.8 Å². The number of nitrogens with zero attached hydrogens (tertiary/aromatic N) is 3. The van der Waals surface area contributed by atoms with Crippen LogP contribution in [0.5, 0.6) is 0 Å². The van der Waals surface area contributed by atoms with E-state index in [1.165, 1.54) is 12.8 Å². The van der Waals surface area contributed by atoms with Crippen molar-refractivity contribution in [1.82, 2.24) is 25.0 Å². The smallest absolute Gasteiger partial charge is 0.256 e. The molecule has 9 nitrogen and oxygen atoms in total. The topological polar surface area (TPSA) is 101 Å². The molecule has 3 N–H and O–H groups in total. The minimum absolute atomic E-state index is 0.0340. The highest BCUT2D eigenvalue weighted by Crippen LogP contribution is 2.35. The van der Waals surface area contributed by atoms with Gasteiger partial charge in [-0.2, -0.15) is 0 Å². The van der Waals surface area contributed by atoms with E-state index >= 15 is 0 Å². The van der Waals surface area contributed by atoms with Crippen molar-refractivity contribution in [2.75, 3.05) is 51.6 Å². The van der Waals surface area contributed by atoms with Gasteiger partial charge in [-0.3, -0.25) is 19.3 Å². The SMILES string of the molecule is Cc1[nH]c(C=C2C(=O)Nc3ccc(C(=O)NC(C)c4ccccc4)cc32)c(C)c1C(=O)N1CCN(C2CCN(C)CC2)CC1. The first-order chi connectivity index (χ1) is 21.2. The monoisotopic (exact) mass is 594 g/mol. The Bertz CT molecular complexity index is 1590. The van der Waals surface area contributed by atoms with Crippen molar-refractivity contribution < 1.29 is 14.4 Å². The predicted octanol–water partition coefficient (Wildman–Crippen LogP) is 4.47. The molecule has 0 aliphatic carbocycles. The Morgan fingerprint density at radius 1 is 0.977 bits per heavy atom. The number of carbonyl (C=O) groups excluding carboxylic acids is 3. The molecule has 1 unspecified atom stereocenters. The van der Waals surface area contributed by atoms with Crippen LogP contribution in [0.3, 0.4) is 0 Å². The quantitative estimate of drug-likeness (QED) is 0.366. The lowest BCUT2D eigenvalue weighted by molar-refractivity contribution is -0.110. The second-order valence-electron chi connectivity index (χ2n) is 12.4. The summed E-state index contributed by atoms with van der Waals surface area (Å²) in [5, 5.41) is 5.96. The first-order valence-electron chi connectivity index (χ1n) is 15.6. The van der Waals surface area contributed by atoms with Crippen LogP contribution in [0, 0.1) is 13.8 Å². The maximum absolute atomic E-state index is 13.7. The van der Waals surface area contributed by atoms with Gasteiger partial charge in [0.15, 0.2) is 0 Å². The maximum atomic E-state index is 13.7. The molecule has 0 spiro atoms. The van der Waals surface area contributed by atoms with Crippen LogP contribution in [0.1, 0.15) is 74.6 Å². The normalized spacial score (nSPS) is 19.6. The largest absolute Gasteiger partial charge is 0.358 e. The molecule has 0 saturated carbocycles. The maximum Gasteiger partial charge on any atom is 0.256 e. The predicted molar refractivity (Wildman–Crippen MR) is 174 cm³/mol. The Labute approximate surface area is 259 Å². The second-order valence-corrected chi connectivity index (χ2v) is 12.4. The molecule has 230 valence electrons. The fraction of sp³-hybridized carbons (Fsp3) is 0.400. The van der Waals surface area contributed by atoms with Crippen LogP contribution in [0.4, 0.5) is 5.69 Å². The molecule has 3 aliphatic rings. The Balaban J connectivity index is 1.18. The minimum Gasteiger partial charge on any atom is -0.358 e. The van der Waals surface area contributed by atoms with Crippen molar-refractivity contribution in [2.24, 2.45) is 0 Å². The summed E-state index contributed by atoms with van der Waals surface area (Å²) in [7, 11) is 2.18. The molecule has 9 heteroatoms. The van der Waals surface area contributed by atoms with Crippen LogP contribution in [-0.2, 0) is 4.79 Å². The summed E-state index contributed by atoms with van der Waals surface area (Å²) in [4.78, 5) is 50.2. The fourth-order valence-corrected chi connectivity index (χ4v) is 6.77. The van der Waals surface area contributed by atoms with E-state index in [9.17, 15) is 14.4 Å². The van der Waals surface area contributed by atoms with Gasteiger partial charge >= 0.3 is 0 Å². The molecule has 44 heavy (non-hydrogen) atoms. The number of aromatic nitrogens is 1. The first kappa shape index (κ1) is 29.8. The van der Waals surface area contributed by atoms with Crippen LogP contribution in [-0.4, -0.2) is 89.8 Å². The number of hydrogen-bond donors (Lipinski definition) is 3. The number of aromatic amines is 1. The fourth-order valence-electron chi connectivity index (χ4n) is 6.77. The third-order valence-corrected chi connectivity index (χ3v) is 9.50. The summed E-state index contributed by atoms with van der Waals surface area (Å²) in [5.41, 5.74) is 6.29. The molecule has 2 fully saturated rings. The highest BCUT2D eigenvalue weighted by molar-refractivity contribution is 6.35. The number of rotatable bonds is 6. The van der Waals surface area contributed by atoms with Gasteiger partial charge in [-0.05, 0) is 89.2 Å². The van der Waals surface area contributed by atoms with Crippen LogP contribution < -0.4 is 10.6 Å². The van der Waals surface area contributed by atoms with Crippen LogP contribution >= 0.6 is 0 Å². The Hall–Kier alpha value is -4.21. The zero-order chi connectivity index (χ0) is 31.0. The van der Waals surface area contributed by atoms with E-state index in [1.807, 2.05) is 56.0 Å². The number of amides is 3. The molecule has 2 saturated heterocycles. The molecule has 2 aromatic carbocycles. The van der Waals surface area contributed by atoms with Crippen molar-refractivity contribution in [1.29, 1.82) is 0 Å². The summed E-state index contributed by atoms with van der Waals surface area (Å²) in [5.74, 6) is -0.412. The van der Waals surface area contributed by atoms with Gasteiger partial charge in [0.1, 0.15) is 0 Å². The Morgan fingerprint density at radius 2 is 1.68 bits per heavy atom. The summed E-state index contributed by atoms with van der Waals surface area (Å²) < 4.78 is 0. The minimum atomic E-state index is -0.236. The molecule has 0 radical (unpaired) electrons. The number of fused-ring (bicyclic) bond motifs is 1. The summed E-state index contributed by atoms with van der Waals surface area (Å²) in [6.07, 6.45) is 4.18. The van der Waals surface area contributed by atoms with Gasteiger partial charge in [-0.25, -0.2) is 0 Å². The number of carbonyl (C=O) groups is 3. The number of anilines is 1. The molecule has 3 aliphatic heterocycles. The lowest BCUT2D eigenvalue weighted by Gasteiger charge is -2.42. The van der Waals surface area contributed by atoms with E-state index in [-0.39, 0.29) is 23.8 Å². The number of hydrogen-bond acceptors (Lipinski definition) is 5. The highest BCUT2D eigenvalue weighted by Gasteiger charge is 2.31. The Morgan fingerprint density at radius 3 is 2.39 bits per heavy atom. The zero-order valence-corrected chi connectivity index (χ0v) is 26.1. The zero-order valence-electron chi connectivity index (χ0n) is 26.1. The van der Waals surface area contributed by atoms with Gasteiger partial charge in [0.05, 0.1) is 17.2 Å². The van der Waals surface area contributed by atoms with Gasteiger partial charge in [-0.15, -0.1) is 0 Å². The lowest BCUT2D eigenvalue weighted by atomic mass is 10.0. The standard InChI is InChI=1S/C35H42N6O3/c1-22-31(36-24(3)32(22)35(44)41-18-16-40(17-19-41)27-12-14-39(4)15-13-27)21-29-28-20-26(10-11-30(28)38-34(29)43)33(42)37-23(2)25-8-6-5-7-9-25/h5-11,20-21,23,27,36H,12-19H2,1-4H3,(H,37,42)(H,38,43). The number of piperazine rings is 1. The summed E-state index contributed by atoms with van der Waals surface area (Å²) in [6.45, 7) is 11.3. The van der Waals surface area contributed by atoms with Crippen molar-refractivity contribution in [3.8, 4) is 0 Å². The van der Waals surface area contributed by atoms with E-state index in [1.54, 1.807) is 24.3 Å². The number of likely N-dealkylation sites (tertiary alicyclic amines) is 1. The molecule has 1 atom stereocenters. The van der Waals surface area contributed by atoms with E-state index in [2.05, 4.69) is 32.5 Å². The van der Waals surface area contributed by atoms with E-state index in [0.29, 0.717) is 34.0 Å². The Kier molecular flexibility index (Phi) is 8.42. The van der Waals surface area contributed by atoms with Crippen LogP contribution in [0.25, 0.3) is 11.6 Å². The van der Waals surface area contributed by atoms with Crippen molar-refractivity contribution >= 4 is 35.1 Å². The van der Waals surface area contributed by atoms with Crippen LogP contribution in [0.15, 0.2) is 48.5 Å². The number of benzene rings is 2. The number of H-pyrrole nitrogens is 1. The van der Waals surface area contributed by atoms with E-state index in [4.69, 9.17) is 0 Å². The van der Waals surface area contributed by atoms with Crippen molar-refractivity contribution in [3.05, 3.63) is 87.7 Å². The second kappa shape index (κ2) is 12.4. The van der Waals surface area contributed by atoms with Crippen LogP contribution in [0.2, 0.25) is 0 Å². The first-order valence-corrected chi connectivity index (χ1v) is 15.6. The molecular weight excluding hydrogens is 552 g/mol. The van der Waals surface area contributed by atoms with Gasteiger partial charge in [0.25, 0.3) is 17.7 Å². The molecule has 1 aromatic heterocycles. The average molecular weight is 595 g/mol. The molecular formula is C35H42N6O3. The van der Waals surface area contributed by atoms with Crippen molar-refractivity contribution in [2.45, 2.75) is 45.7 Å². The number of piperidine rings is 1. The number of nitrogens with one attached hydrogen (secondary N) is 3. The molecule has 3 amide bonds. The lowest BCUT2D eigenvalue weighted by Crippen LogP contribution is -2.54. The molecule has 3 aromatic rings. The summed E-state index contributed by atoms with van der Waals surface area (Å²) in [6, 6.07) is 15.5. The highest BCUT2D eigenvalue weighted by atomic mass is 16.2. The third kappa shape index (κ3) is 5.94. The molecule has 6 rings (SSSR count). The van der Waals surface area contributed by atoms with Gasteiger partial charge in [0, 0.05) is 60.4 Å². The van der Waals surface area contributed by atoms with Gasteiger partial charge in [0.2, 0.25) is 0 Å². The average Bonchev–Trinajstić information content (AvgIpc) is 3.50. The van der Waals surface area contributed by atoms with Gasteiger partial charge < -0.3 is 25.4 Å². The van der Waals surface area contributed by atoms with Crippen molar-refractivity contribution in [3.63, 3.8) is 0 Å². The molecule has 4 heterocycles. The van der Waals surface area contributed by atoms with Gasteiger partial charge in [-0.1, -0.05) is 30.3 Å². The summed E-state index contributed by atoms with van der Waals surface area (Å²) >= 11 is 0. The molecule has 0 bridgehead atoms.